The van der Waals surface area contributed by atoms with Crippen molar-refractivity contribution in [2.45, 2.75) is 0 Å². The molecule has 104 valence electrons. The molecule has 0 aliphatic carbocycles. The van der Waals surface area contributed by atoms with Crippen LogP contribution in [-0.4, -0.2) is 39.2 Å². The quantitative estimate of drug-likeness (QED) is 0.472. The number of carbonyl (C=O) groups is 1. The summed E-state index contributed by atoms with van der Waals surface area (Å²) in [5.74, 6) is 0.412. The summed E-state index contributed by atoms with van der Waals surface area (Å²) in [4.78, 5) is 13.2. The van der Waals surface area contributed by atoms with Gasteiger partial charge in [0.05, 0.1) is 19.2 Å². The van der Waals surface area contributed by atoms with E-state index in [-0.39, 0.29) is 5.76 Å². The predicted octanol–water partition coefficient (Wildman–Crippen LogP) is 2.30. The highest BCUT2D eigenvalue weighted by molar-refractivity contribution is 6.32. The van der Waals surface area contributed by atoms with Crippen LogP contribution in [0, 0.1) is 0 Å². The Morgan fingerprint density at radius 2 is 2.00 bits per heavy atom. The molecule has 19 heavy (non-hydrogen) atoms. The third-order valence-electron chi connectivity index (χ3n) is 2.12. The van der Waals surface area contributed by atoms with Crippen LogP contribution in [0.2, 0.25) is 5.02 Å². The van der Waals surface area contributed by atoms with Crippen LogP contribution in [-0.2, 0) is 9.53 Å². The van der Waals surface area contributed by atoms with E-state index in [1.165, 1.54) is 20.4 Å². The van der Waals surface area contributed by atoms with Crippen molar-refractivity contribution in [2.75, 3.05) is 28.3 Å². The number of esters is 1. The van der Waals surface area contributed by atoms with Gasteiger partial charge in [0, 0.05) is 26.4 Å². The number of halogens is 1. The van der Waals surface area contributed by atoms with Crippen molar-refractivity contribution in [1.29, 1.82) is 0 Å². The van der Waals surface area contributed by atoms with Gasteiger partial charge in [0.15, 0.2) is 0 Å². The Morgan fingerprint density at radius 3 is 2.47 bits per heavy atom. The maximum atomic E-state index is 11.6. The lowest BCUT2D eigenvalue weighted by Gasteiger charge is -2.13. The summed E-state index contributed by atoms with van der Waals surface area (Å²) in [7, 11) is 6.35. The number of hydrogen-bond donors (Lipinski definition) is 0. The van der Waals surface area contributed by atoms with E-state index >= 15 is 0 Å². The molecule has 0 unspecified atom stereocenters. The molecule has 5 nitrogen and oxygen atoms in total. The molecular formula is C13H16ClNO4. The van der Waals surface area contributed by atoms with Gasteiger partial charge in [-0.2, -0.15) is 0 Å². The number of ether oxygens (including phenoxy) is 3. The first-order valence-electron chi connectivity index (χ1n) is 5.46. The zero-order valence-corrected chi connectivity index (χ0v) is 12.0. The molecule has 1 aromatic rings. The fourth-order valence-electron chi connectivity index (χ4n) is 1.27. The highest BCUT2D eigenvalue weighted by Gasteiger charge is 2.15. The van der Waals surface area contributed by atoms with Gasteiger partial charge in [0.2, 0.25) is 5.76 Å². The highest BCUT2D eigenvalue weighted by Crippen LogP contribution is 2.30. The molecule has 0 heterocycles. The largest absolute Gasteiger partial charge is 0.497 e. The van der Waals surface area contributed by atoms with Crippen LogP contribution < -0.4 is 9.47 Å². The van der Waals surface area contributed by atoms with Crippen molar-refractivity contribution in [3.05, 3.63) is 35.2 Å². The van der Waals surface area contributed by atoms with Gasteiger partial charge in [-0.15, -0.1) is 0 Å². The van der Waals surface area contributed by atoms with Crippen LogP contribution in [0.1, 0.15) is 0 Å². The van der Waals surface area contributed by atoms with Gasteiger partial charge in [-0.05, 0) is 12.1 Å². The topological polar surface area (TPSA) is 48.0 Å². The van der Waals surface area contributed by atoms with E-state index in [0.717, 1.165) is 0 Å². The van der Waals surface area contributed by atoms with Crippen LogP contribution in [0.15, 0.2) is 30.2 Å². The summed E-state index contributed by atoms with van der Waals surface area (Å²) >= 11 is 6.04. The van der Waals surface area contributed by atoms with E-state index < -0.39 is 5.97 Å². The molecule has 0 amide bonds. The SMILES string of the molecule is COC(=O)/C(=C/N(C)C)Oc1ccc(OC)cc1Cl. The number of nitrogens with zero attached hydrogens (tertiary/aromatic N) is 1. The standard InChI is InChI=1S/C13H16ClNO4/c1-15(2)8-12(13(16)18-4)19-11-6-5-9(17-3)7-10(11)14/h5-8H,1-4H3/b12-8-. The average Bonchev–Trinajstić information content (AvgIpc) is 2.38. The zero-order valence-electron chi connectivity index (χ0n) is 11.3. The monoisotopic (exact) mass is 285 g/mol. The van der Waals surface area contributed by atoms with E-state index in [2.05, 4.69) is 4.74 Å². The molecule has 0 aromatic heterocycles. The van der Waals surface area contributed by atoms with Crippen molar-refractivity contribution in [2.24, 2.45) is 0 Å². The normalized spacial score (nSPS) is 10.9. The van der Waals surface area contributed by atoms with Crippen molar-refractivity contribution < 1.29 is 19.0 Å². The molecule has 0 saturated carbocycles. The summed E-state index contributed by atoms with van der Waals surface area (Å²) in [6, 6.07) is 4.90. The molecule has 0 saturated heterocycles. The number of rotatable bonds is 5. The zero-order chi connectivity index (χ0) is 14.4. The summed E-state index contributed by atoms with van der Waals surface area (Å²) in [5.41, 5.74) is 0. The number of methoxy groups -OCH3 is 2. The van der Waals surface area contributed by atoms with Crippen LogP contribution >= 0.6 is 11.6 Å². The van der Waals surface area contributed by atoms with Crippen molar-refractivity contribution in [3.63, 3.8) is 0 Å². The fraction of sp³-hybridized carbons (Fsp3) is 0.308. The molecule has 0 radical (unpaired) electrons. The first-order valence-corrected chi connectivity index (χ1v) is 5.83. The number of hydrogen-bond acceptors (Lipinski definition) is 5. The van der Waals surface area contributed by atoms with Crippen molar-refractivity contribution in [1.82, 2.24) is 4.90 Å². The van der Waals surface area contributed by atoms with Gasteiger partial charge >= 0.3 is 5.97 Å². The minimum absolute atomic E-state index is 0.0413. The van der Waals surface area contributed by atoms with Gasteiger partial charge in [-0.3, -0.25) is 0 Å². The third kappa shape index (κ3) is 4.37. The number of carbonyl (C=O) groups excluding carboxylic acids is 1. The Bertz CT molecular complexity index is 486. The molecule has 0 atom stereocenters. The van der Waals surface area contributed by atoms with Crippen molar-refractivity contribution >= 4 is 17.6 Å². The summed E-state index contributed by atoms with van der Waals surface area (Å²) in [6.45, 7) is 0. The molecule has 0 aliphatic heterocycles. The first-order chi connectivity index (χ1) is 8.97. The maximum Gasteiger partial charge on any atom is 0.375 e. The second kappa shape index (κ2) is 6.89. The van der Waals surface area contributed by atoms with Crippen LogP contribution in [0.4, 0.5) is 0 Å². The van der Waals surface area contributed by atoms with Gasteiger partial charge < -0.3 is 19.1 Å². The minimum Gasteiger partial charge on any atom is -0.497 e. The van der Waals surface area contributed by atoms with E-state index in [4.69, 9.17) is 21.1 Å². The smallest absolute Gasteiger partial charge is 0.375 e. The predicted molar refractivity (Wildman–Crippen MR) is 72.4 cm³/mol. The molecule has 0 bridgehead atoms. The summed E-state index contributed by atoms with van der Waals surface area (Å²) < 4.78 is 15.1. The van der Waals surface area contributed by atoms with Crippen molar-refractivity contribution in [3.8, 4) is 11.5 Å². The van der Waals surface area contributed by atoms with Gasteiger partial charge in [0.1, 0.15) is 11.5 Å². The Labute approximate surface area is 117 Å². The Hall–Kier alpha value is -1.88. The van der Waals surface area contributed by atoms with Gasteiger partial charge in [0.25, 0.3) is 0 Å². The highest BCUT2D eigenvalue weighted by atomic mass is 35.5. The van der Waals surface area contributed by atoms with E-state index in [1.54, 1.807) is 37.2 Å². The molecule has 1 rings (SSSR count). The Morgan fingerprint density at radius 1 is 1.32 bits per heavy atom. The number of benzene rings is 1. The van der Waals surface area contributed by atoms with E-state index in [0.29, 0.717) is 16.5 Å². The third-order valence-corrected chi connectivity index (χ3v) is 2.42. The molecular weight excluding hydrogens is 270 g/mol. The van der Waals surface area contributed by atoms with Crippen LogP contribution in [0.3, 0.4) is 0 Å². The molecule has 6 heteroatoms. The Kier molecular flexibility index (Phi) is 5.51. The van der Waals surface area contributed by atoms with Crippen LogP contribution in [0.25, 0.3) is 0 Å². The second-order valence-electron chi connectivity index (χ2n) is 3.85. The average molecular weight is 286 g/mol. The lowest BCUT2D eigenvalue weighted by Crippen LogP contribution is -2.15. The lowest BCUT2D eigenvalue weighted by atomic mass is 10.3. The lowest BCUT2D eigenvalue weighted by molar-refractivity contribution is -0.138. The minimum atomic E-state index is -0.583. The first kappa shape index (κ1) is 15.2. The Balaban J connectivity index is 3.00. The molecule has 0 N–H and O–H groups in total. The molecule has 1 aromatic carbocycles. The van der Waals surface area contributed by atoms with Crippen LogP contribution in [0.5, 0.6) is 11.5 Å². The van der Waals surface area contributed by atoms with E-state index in [9.17, 15) is 4.79 Å². The second-order valence-corrected chi connectivity index (χ2v) is 4.25. The van der Waals surface area contributed by atoms with Gasteiger partial charge in [-0.25, -0.2) is 4.79 Å². The maximum absolute atomic E-state index is 11.6. The fourth-order valence-corrected chi connectivity index (χ4v) is 1.47. The summed E-state index contributed by atoms with van der Waals surface area (Å²) in [6.07, 6.45) is 1.51. The molecule has 0 aliphatic rings. The van der Waals surface area contributed by atoms with Gasteiger partial charge in [-0.1, -0.05) is 11.6 Å². The molecule has 0 fully saturated rings. The van der Waals surface area contributed by atoms with E-state index in [1.807, 2.05) is 0 Å². The molecule has 0 spiro atoms. The summed E-state index contributed by atoms with van der Waals surface area (Å²) in [5, 5.41) is 0.341.